The minimum Gasteiger partial charge on any atom is -0.342 e. The topological polar surface area (TPSA) is 46.2 Å². The van der Waals surface area contributed by atoms with E-state index in [0.717, 1.165) is 44.0 Å². The van der Waals surface area contributed by atoms with Gasteiger partial charge in [-0.15, -0.1) is 0 Å². The number of hydrogen-bond acceptors (Lipinski definition) is 2. The second kappa shape index (κ2) is 9.76. The number of rotatable bonds is 7. The van der Waals surface area contributed by atoms with Gasteiger partial charge in [-0.3, -0.25) is 4.79 Å². The van der Waals surface area contributed by atoms with E-state index in [0.29, 0.717) is 9.34 Å². The van der Waals surface area contributed by atoms with Gasteiger partial charge in [-0.1, -0.05) is 105 Å². The van der Waals surface area contributed by atoms with Crippen molar-refractivity contribution in [3.63, 3.8) is 0 Å². The van der Waals surface area contributed by atoms with E-state index in [9.17, 15) is 9.59 Å². The van der Waals surface area contributed by atoms with Gasteiger partial charge in [0, 0.05) is 8.84 Å². The van der Waals surface area contributed by atoms with E-state index in [4.69, 9.17) is 0 Å². The van der Waals surface area contributed by atoms with Crippen LogP contribution < -0.4 is 5.32 Å². The van der Waals surface area contributed by atoms with Gasteiger partial charge in [0.05, 0.1) is 0 Å². The van der Waals surface area contributed by atoms with E-state index in [-0.39, 0.29) is 11.3 Å². The fraction of sp³-hybridized carbons (Fsp3) is 0.630. The lowest BCUT2D eigenvalue weighted by molar-refractivity contribution is -0.136. The number of aldehydes is 1. The molecule has 0 saturated heterocycles. The molecule has 1 fully saturated rings. The highest BCUT2D eigenvalue weighted by Gasteiger charge is 2.48. The van der Waals surface area contributed by atoms with Crippen LogP contribution in [0.25, 0.3) is 0 Å². The molecule has 3 nitrogen and oxygen atoms in total. The molecule has 0 bridgehead atoms. The maximum Gasteiger partial charge on any atom is 0.226 e. The molecule has 1 aromatic carbocycles. The zero-order valence-corrected chi connectivity index (χ0v) is 21.7. The van der Waals surface area contributed by atoms with Crippen LogP contribution in [0.1, 0.15) is 90.7 Å². The summed E-state index contributed by atoms with van der Waals surface area (Å²) in [4.78, 5) is 25.2. The first-order valence-corrected chi connectivity index (χ1v) is 12.9. The third-order valence-corrected chi connectivity index (χ3v) is 8.44. The number of alkyl halides is 1. The first kappa shape index (κ1) is 24.5. The second-order valence-electron chi connectivity index (χ2n) is 10.6. The average Bonchev–Trinajstić information content (AvgIpc) is 2.71. The van der Waals surface area contributed by atoms with Crippen molar-refractivity contribution in [1.29, 1.82) is 0 Å². The molecule has 31 heavy (non-hydrogen) atoms. The van der Waals surface area contributed by atoms with Crippen LogP contribution >= 0.6 is 22.6 Å². The standard InChI is InChI=1S/C27H38INO2/c1-5-10-21-17-27(4,28)16-13-22(21)25(2)14-9-15-26(3,19-25)24(31)29-23(18-30)20-11-7-6-8-12-20/h6-8,11-13,18,21,23H,5,9-10,14-17,19H2,1-4H3,(H,29,31)/t21?,23-,25-,26-,27+/m1/s1. The molecule has 1 N–H and O–H groups in total. The molecule has 3 rings (SSSR count). The van der Waals surface area contributed by atoms with Gasteiger partial charge in [-0.25, -0.2) is 0 Å². The molecular formula is C27H38INO2. The van der Waals surface area contributed by atoms with Crippen LogP contribution in [0, 0.1) is 16.7 Å². The van der Waals surface area contributed by atoms with E-state index in [1.165, 1.54) is 19.3 Å². The predicted octanol–water partition coefficient (Wildman–Crippen LogP) is 6.96. The lowest BCUT2D eigenvalue weighted by Crippen LogP contribution is -2.47. The van der Waals surface area contributed by atoms with Gasteiger partial charge in [0.2, 0.25) is 5.91 Å². The van der Waals surface area contributed by atoms with Crippen molar-refractivity contribution in [2.75, 3.05) is 0 Å². The highest BCUT2D eigenvalue weighted by molar-refractivity contribution is 14.1. The minimum absolute atomic E-state index is 0.0153. The molecule has 1 unspecified atom stereocenters. The van der Waals surface area contributed by atoms with Crippen molar-refractivity contribution in [3.05, 3.63) is 47.5 Å². The Kier molecular flexibility index (Phi) is 7.71. The zero-order chi connectivity index (χ0) is 22.7. The number of nitrogens with one attached hydrogen (secondary N) is 1. The number of allylic oxidation sites excluding steroid dienone is 2. The maximum absolute atomic E-state index is 13.5. The van der Waals surface area contributed by atoms with Gasteiger partial charge in [0.25, 0.3) is 0 Å². The first-order chi connectivity index (χ1) is 14.6. The van der Waals surface area contributed by atoms with Crippen molar-refractivity contribution in [3.8, 4) is 0 Å². The maximum atomic E-state index is 13.5. The number of halogens is 1. The Morgan fingerprint density at radius 2 is 1.94 bits per heavy atom. The Morgan fingerprint density at radius 3 is 2.58 bits per heavy atom. The van der Waals surface area contributed by atoms with Crippen molar-refractivity contribution >= 4 is 34.8 Å². The number of carbonyl (C=O) groups is 2. The molecule has 1 aromatic rings. The monoisotopic (exact) mass is 535 g/mol. The van der Waals surface area contributed by atoms with Crippen molar-refractivity contribution in [2.45, 2.75) is 88.5 Å². The summed E-state index contributed by atoms with van der Waals surface area (Å²) in [5, 5.41) is 3.06. The second-order valence-corrected chi connectivity index (χ2v) is 13.2. The number of amides is 1. The van der Waals surface area contributed by atoms with E-state index in [1.807, 2.05) is 30.3 Å². The molecule has 0 spiro atoms. The summed E-state index contributed by atoms with van der Waals surface area (Å²) < 4.78 is 0.333. The quantitative estimate of drug-likeness (QED) is 0.178. The largest absolute Gasteiger partial charge is 0.342 e. The highest BCUT2D eigenvalue weighted by Crippen LogP contribution is 2.55. The smallest absolute Gasteiger partial charge is 0.226 e. The Hall–Kier alpha value is -1.17. The van der Waals surface area contributed by atoms with Gasteiger partial charge < -0.3 is 10.1 Å². The molecule has 0 heterocycles. The minimum atomic E-state index is -0.583. The third kappa shape index (κ3) is 5.61. The van der Waals surface area contributed by atoms with Crippen LogP contribution in [-0.2, 0) is 9.59 Å². The molecule has 1 amide bonds. The molecule has 2 aliphatic rings. The van der Waals surface area contributed by atoms with Crippen LogP contribution in [0.2, 0.25) is 0 Å². The lowest BCUT2D eigenvalue weighted by Gasteiger charge is -2.49. The fourth-order valence-corrected chi connectivity index (χ4v) is 6.81. The average molecular weight is 536 g/mol. The summed E-state index contributed by atoms with van der Waals surface area (Å²) in [6.07, 6.45) is 12.1. The number of hydrogen-bond donors (Lipinski definition) is 1. The number of benzene rings is 1. The Labute approximate surface area is 202 Å². The highest BCUT2D eigenvalue weighted by atomic mass is 127. The Bertz CT molecular complexity index is 818. The van der Waals surface area contributed by atoms with Crippen LogP contribution in [0.15, 0.2) is 42.0 Å². The van der Waals surface area contributed by atoms with Gasteiger partial charge in [-0.2, -0.15) is 0 Å². The Balaban J connectivity index is 1.81. The van der Waals surface area contributed by atoms with E-state index in [1.54, 1.807) is 5.57 Å². The van der Waals surface area contributed by atoms with Crippen LogP contribution in [0.4, 0.5) is 0 Å². The fourth-order valence-electron chi connectivity index (χ4n) is 6.06. The normalized spacial score (nSPS) is 34.5. The zero-order valence-electron chi connectivity index (χ0n) is 19.5. The summed E-state index contributed by atoms with van der Waals surface area (Å²) in [7, 11) is 0. The van der Waals surface area contributed by atoms with Crippen molar-refractivity contribution in [2.24, 2.45) is 16.7 Å². The van der Waals surface area contributed by atoms with Crippen molar-refractivity contribution < 1.29 is 9.59 Å². The van der Waals surface area contributed by atoms with E-state index in [2.05, 4.69) is 61.7 Å². The molecular weight excluding hydrogens is 497 g/mol. The molecule has 170 valence electrons. The Morgan fingerprint density at radius 1 is 1.23 bits per heavy atom. The lowest BCUT2D eigenvalue weighted by atomic mass is 9.56. The predicted molar refractivity (Wildman–Crippen MR) is 136 cm³/mol. The summed E-state index contributed by atoms with van der Waals surface area (Å²) in [6, 6.07) is 8.95. The SMILES string of the molecule is CCCC1C[C@@](C)(I)CC=C1[C@]1(C)CCC[C@@](C)(C(=O)N[C@H](C=O)c2ccccc2)C1. The molecule has 1 saturated carbocycles. The van der Waals surface area contributed by atoms with Crippen LogP contribution in [-0.4, -0.2) is 15.6 Å². The molecule has 2 aliphatic carbocycles. The van der Waals surface area contributed by atoms with E-state index < -0.39 is 11.5 Å². The number of carbonyl (C=O) groups excluding carboxylic acids is 2. The first-order valence-electron chi connectivity index (χ1n) is 11.8. The molecule has 0 aliphatic heterocycles. The summed E-state index contributed by atoms with van der Waals surface area (Å²) in [6.45, 7) is 9.14. The molecule has 0 aromatic heterocycles. The summed E-state index contributed by atoms with van der Waals surface area (Å²) >= 11 is 2.63. The molecule has 5 atom stereocenters. The third-order valence-electron chi connectivity index (χ3n) is 7.56. The van der Waals surface area contributed by atoms with Gasteiger partial charge in [0.1, 0.15) is 12.3 Å². The van der Waals surface area contributed by atoms with E-state index >= 15 is 0 Å². The van der Waals surface area contributed by atoms with Crippen LogP contribution in [0.3, 0.4) is 0 Å². The summed E-state index contributed by atoms with van der Waals surface area (Å²) in [5.74, 6) is 0.629. The summed E-state index contributed by atoms with van der Waals surface area (Å²) in [5.41, 5.74) is 2.04. The molecule has 0 radical (unpaired) electrons. The van der Waals surface area contributed by atoms with Gasteiger partial charge in [0.15, 0.2) is 0 Å². The van der Waals surface area contributed by atoms with Gasteiger partial charge >= 0.3 is 0 Å². The van der Waals surface area contributed by atoms with Crippen molar-refractivity contribution in [1.82, 2.24) is 5.32 Å². The van der Waals surface area contributed by atoms with Gasteiger partial charge in [-0.05, 0) is 55.4 Å². The molecule has 4 heteroatoms. The van der Waals surface area contributed by atoms with Crippen LogP contribution in [0.5, 0.6) is 0 Å².